The summed E-state index contributed by atoms with van der Waals surface area (Å²) in [5.74, 6) is -0.216. The third-order valence-corrected chi connectivity index (χ3v) is 16.6. The molecule has 1 aliphatic rings. The molecule has 2 N–H and O–H groups in total. The van der Waals surface area contributed by atoms with Gasteiger partial charge in [-0.05, 0) is 36.3 Å². The van der Waals surface area contributed by atoms with Crippen molar-refractivity contribution in [2.24, 2.45) is 0 Å². The standard InChI is InChI=1S/C22H45NO7Si2/c1-8-31(9-2,10-3)29-21-18(14-24)28-19(15-27-16-25)20(23-17(7)26)22(21)30-32(11-4,12-5)13-6/h16,18-22,24H,8-15H2,1-7H3,(H,23,26)/t18-,19+,20?,21-,22+/m1/s1. The SMILES string of the molecule is CC[Si](CC)(CC)O[C@@H]1[C@@H](CO)O[C@@H](COC=O)C(NC(C)=O)[C@@H]1O[Si](CC)(CC)CC. The zero-order valence-corrected chi connectivity index (χ0v) is 23.0. The quantitative estimate of drug-likeness (QED) is 0.268. The van der Waals surface area contributed by atoms with Gasteiger partial charge in [0.25, 0.3) is 6.47 Å². The molecule has 0 aliphatic carbocycles. The number of hydrogen-bond donors (Lipinski definition) is 2. The van der Waals surface area contributed by atoms with Crippen LogP contribution in [0.15, 0.2) is 0 Å². The number of hydrogen-bond acceptors (Lipinski definition) is 7. The molecule has 1 saturated heterocycles. The van der Waals surface area contributed by atoms with E-state index in [0.29, 0.717) is 6.47 Å². The van der Waals surface area contributed by atoms with Gasteiger partial charge in [0.2, 0.25) is 5.91 Å². The Hall–Kier alpha value is -0.786. The maximum atomic E-state index is 12.2. The monoisotopic (exact) mass is 491 g/mol. The molecule has 188 valence electrons. The average molecular weight is 492 g/mol. The van der Waals surface area contributed by atoms with Gasteiger partial charge in [0.15, 0.2) is 16.6 Å². The van der Waals surface area contributed by atoms with E-state index in [4.69, 9.17) is 18.3 Å². The van der Waals surface area contributed by atoms with Crippen molar-refractivity contribution in [3.63, 3.8) is 0 Å². The lowest BCUT2D eigenvalue weighted by Gasteiger charge is -2.51. The van der Waals surface area contributed by atoms with E-state index < -0.39 is 47.1 Å². The normalized spacial score (nSPS) is 26.6. The molecule has 0 bridgehead atoms. The first kappa shape index (κ1) is 29.2. The van der Waals surface area contributed by atoms with Crippen LogP contribution in [-0.4, -0.2) is 77.8 Å². The van der Waals surface area contributed by atoms with E-state index >= 15 is 0 Å². The predicted octanol–water partition coefficient (Wildman–Crippen LogP) is 3.20. The van der Waals surface area contributed by atoms with Crippen LogP contribution in [0.4, 0.5) is 0 Å². The first-order valence-corrected chi connectivity index (χ1v) is 17.2. The molecule has 1 fully saturated rings. The number of ether oxygens (including phenoxy) is 2. The molecule has 1 aliphatic heterocycles. The molecule has 1 rings (SSSR count). The Bertz CT molecular complexity index is 556. The lowest BCUT2D eigenvalue weighted by molar-refractivity contribution is -0.197. The molecule has 32 heavy (non-hydrogen) atoms. The highest BCUT2D eigenvalue weighted by Gasteiger charge is 2.52. The molecular weight excluding hydrogens is 446 g/mol. The van der Waals surface area contributed by atoms with E-state index in [9.17, 15) is 14.7 Å². The van der Waals surface area contributed by atoms with Crippen LogP contribution in [0, 0.1) is 0 Å². The summed E-state index contributed by atoms with van der Waals surface area (Å²) >= 11 is 0. The maximum absolute atomic E-state index is 12.2. The van der Waals surface area contributed by atoms with E-state index in [1.54, 1.807) is 0 Å². The molecule has 0 aromatic carbocycles. The van der Waals surface area contributed by atoms with Gasteiger partial charge >= 0.3 is 0 Å². The van der Waals surface area contributed by atoms with Gasteiger partial charge in [0.1, 0.15) is 24.9 Å². The minimum atomic E-state index is -2.11. The highest BCUT2D eigenvalue weighted by molar-refractivity contribution is 6.74. The topological polar surface area (TPSA) is 103 Å². The van der Waals surface area contributed by atoms with Gasteiger partial charge < -0.3 is 28.7 Å². The van der Waals surface area contributed by atoms with E-state index in [2.05, 4.69) is 46.9 Å². The zero-order chi connectivity index (χ0) is 24.4. The molecule has 8 nitrogen and oxygen atoms in total. The van der Waals surface area contributed by atoms with Crippen LogP contribution < -0.4 is 5.32 Å². The Balaban J connectivity index is 3.53. The lowest BCUT2D eigenvalue weighted by Crippen LogP contribution is -2.69. The zero-order valence-electron chi connectivity index (χ0n) is 21.0. The molecule has 0 saturated carbocycles. The summed E-state index contributed by atoms with van der Waals surface area (Å²) in [6.07, 6.45) is -2.26. The van der Waals surface area contributed by atoms with Crippen LogP contribution in [-0.2, 0) is 27.9 Å². The van der Waals surface area contributed by atoms with Crippen LogP contribution in [0.25, 0.3) is 0 Å². The second-order valence-electron chi connectivity index (χ2n) is 8.70. The lowest BCUT2D eigenvalue weighted by atomic mass is 9.93. The van der Waals surface area contributed by atoms with Crippen molar-refractivity contribution < 1.29 is 33.0 Å². The number of rotatable bonds is 15. The maximum Gasteiger partial charge on any atom is 0.293 e. The van der Waals surface area contributed by atoms with E-state index in [0.717, 1.165) is 36.3 Å². The van der Waals surface area contributed by atoms with E-state index in [-0.39, 0.29) is 19.1 Å². The van der Waals surface area contributed by atoms with Gasteiger partial charge in [0.05, 0.1) is 18.8 Å². The van der Waals surface area contributed by atoms with E-state index in [1.165, 1.54) is 6.92 Å². The summed E-state index contributed by atoms with van der Waals surface area (Å²) in [5.41, 5.74) is 0. The molecule has 1 heterocycles. The number of amides is 1. The first-order chi connectivity index (χ1) is 15.2. The molecule has 0 aromatic rings. The fourth-order valence-corrected chi connectivity index (χ4v) is 10.4. The van der Waals surface area contributed by atoms with Crippen LogP contribution in [0.5, 0.6) is 0 Å². The highest BCUT2D eigenvalue weighted by Crippen LogP contribution is 2.35. The van der Waals surface area contributed by atoms with Gasteiger partial charge in [-0.3, -0.25) is 9.59 Å². The Morgan fingerprint density at radius 1 is 0.906 bits per heavy atom. The largest absolute Gasteiger partial charge is 0.465 e. The third-order valence-electron chi connectivity index (χ3n) is 7.31. The summed E-state index contributed by atoms with van der Waals surface area (Å²) in [6, 6.07) is 5.11. The van der Waals surface area contributed by atoms with Crippen molar-refractivity contribution in [3.8, 4) is 0 Å². The second kappa shape index (κ2) is 13.8. The van der Waals surface area contributed by atoms with Gasteiger partial charge in [0, 0.05) is 6.92 Å². The van der Waals surface area contributed by atoms with Crippen LogP contribution in [0.1, 0.15) is 48.5 Å². The fourth-order valence-electron chi connectivity index (χ4n) is 4.71. The summed E-state index contributed by atoms with van der Waals surface area (Å²) < 4.78 is 25.0. The molecule has 1 unspecified atom stereocenters. The van der Waals surface area contributed by atoms with Gasteiger partial charge in [-0.15, -0.1) is 0 Å². The predicted molar refractivity (Wildman–Crippen MR) is 130 cm³/mol. The molecule has 10 heteroatoms. The fraction of sp³-hybridized carbons (Fsp3) is 0.909. The Morgan fingerprint density at radius 3 is 1.75 bits per heavy atom. The van der Waals surface area contributed by atoms with Crippen molar-refractivity contribution in [2.75, 3.05) is 13.2 Å². The number of aliphatic hydroxyl groups is 1. The first-order valence-electron chi connectivity index (χ1n) is 12.2. The van der Waals surface area contributed by atoms with Gasteiger partial charge in [-0.25, -0.2) is 0 Å². The molecule has 0 radical (unpaired) electrons. The average Bonchev–Trinajstić information content (AvgIpc) is 2.81. The van der Waals surface area contributed by atoms with Gasteiger partial charge in [-0.2, -0.15) is 0 Å². The molecule has 0 spiro atoms. The van der Waals surface area contributed by atoms with Crippen LogP contribution in [0.3, 0.4) is 0 Å². The van der Waals surface area contributed by atoms with Crippen molar-refractivity contribution in [3.05, 3.63) is 0 Å². The van der Waals surface area contributed by atoms with Gasteiger partial charge in [-0.1, -0.05) is 41.5 Å². The molecule has 1 amide bonds. The Morgan fingerprint density at radius 2 is 1.38 bits per heavy atom. The number of nitrogens with one attached hydrogen (secondary N) is 1. The van der Waals surface area contributed by atoms with Crippen LogP contribution >= 0.6 is 0 Å². The Labute approximate surface area is 196 Å². The smallest absolute Gasteiger partial charge is 0.293 e. The number of aliphatic hydroxyl groups excluding tert-OH is 1. The summed E-state index contributed by atoms with van der Waals surface area (Å²) in [7, 11) is -4.20. The van der Waals surface area contributed by atoms with E-state index in [1.807, 2.05) is 0 Å². The second-order valence-corrected chi connectivity index (χ2v) is 18.1. The molecule has 5 atom stereocenters. The molecular formula is C22H45NO7Si2. The number of carbonyl (C=O) groups excluding carboxylic acids is 2. The van der Waals surface area contributed by atoms with Crippen LogP contribution in [0.2, 0.25) is 36.3 Å². The van der Waals surface area contributed by atoms with Crippen molar-refractivity contribution in [1.29, 1.82) is 0 Å². The van der Waals surface area contributed by atoms with Crippen molar-refractivity contribution in [1.82, 2.24) is 5.32 Å². The minimum Gasteiger partial charge on any atom is -0.465 e. The van der Waals surface area contributed by atoms with Crippen molar-refractivity contribution in [2.45, 2.75) is 115 Å². The summed E-state index contributed by atoms with van der Waals surface area (Å²) in [4.78, 5) is 23.0. The third kappa shape index (κ3) is 7.10. The van der Waals surface area contributed by atoms with Crippen molar-refractivity contribution >= 4 is 29.0 Å². The minimum absolute atomic E-state index is 0.0334. The molecule has 0 aromatic heterocycles. The summed E-state index contributed by atoms with van der Waals surface area (Å²) in [5, 5.41) is 13.2. The highest BCUT2D eigenvalue weighted by atomic mass is 28.4. The summed E-state index contributed by atoms with van der Waals surface area (Å²) in [6.45, 7) is 14.5. The number of carbonyl (C=O) groups is 2. The Kier molecular flexibility index (Phi) is 12.6.